The molecular weight excluding hydrogens is 454 g/mol. The van der Waals surface area contributed by atoms with Crippen LogP contribution in [0.3, 0.4) is 0 Å². The Hall–Kier alpha value is -3.07. The van der Waals surface area contributed by atoms with E-state index in [2.05, 4.69) is 5.32 Å². The Labute approximate surface area is 202 Å². The molecule has 1 N–H and O–H groups in total. The molecule has 2 aromatic carbocycles. The van der Waals surface area contributed by atoms with Crippen molar-refractivity contribution in [3.05, 3.63) is 59.7 Å². The molecule has 0 radical (unpaired) electrons. The minimum atomic E-state index is -3.74. The zero-order chi connectivity index (χ0) is 25.5. The van der Waals surface area contributed by atoms with Crippen LogP contribution >= 0.6 is 0 Å². The fraction of sp³-hybridized carbons (Fsp3) is 0.440. The number of nitrogens with zero attached hydrogens (tertiary/aromatic N) is 2. The van der Waals surface area contributed by atoms with Crippen LogP contribution in [0.4, 0.5) is 5.69 Å². The van der Waals surface area contributed by atoms with Gasteiger partial charge in [0.25, 0.3) is 0 Å². The number of carbonyl (C=O) groups excluding carboxylic acids is 2. The molecule has 0 heterocycles. The molecule has 0 aromatic heterocycles. The molecule has 2 aromatic rings. The first-order valence-corrected chi connectivity index (χ1v) is 13.0. The van der Waals surface area contributed by atoms with E-state index in [1.54, 1.807) is 50.4 Å². The lowest BCUT2D eigenvalue weighted by molar-refractivity contribution is -0.139. The number of hydrogen-bond donors (Lipinski definition) is 1. The summed E-state index contributed by atoms with van der Waals surface area (Å²) in [6.45, 7) is 7.71. The summed E-state index contributed by atoms with van der Waals surface area (Å²) in [6.07, 6.45) is 1.06. The van der Waals surface area contributed by atoms with Gasteiger partial charge in [0.2, 0.25) is 21.8 Å². The van der Waals surface area contributed by atoms with Gasteiger partial charge in [-0.25, -0.2) is 8.42 Å². The molecule has 1 atom stereocenters. The predicted molar refractivity (Wildman–Crippen MR) is 134 cm³/mol. The van der Waals surface area contributed by atoms with Crippen molar-refractivity contribution in [3.8, 4) is 5.75 Å². The number of ether oxygens (including phenoxy) is 1. The average Bonchev–Trinajstić information content (AvgIpc) is 2.79. The van der Waals surface area contributed by atoms with E-state index >= 15 is 0 Å². The Kier molecular flexibility index (Phi) is 9.49. The quantitative estimate of drug-likeness (QED) is 0.524. The first-order valence-electron chi connectivity index (χ1n) is 11.2. The van der Waals surface area contributed by atoms with Crippen LogP contribution in [-0.4, -0.2) is 57.6 Å². The van der Waals surface area contributed by atoms with E-state index < -0.39 is 28.5 Å². The maximum atomic E-state index is 13.5. The second-order valence-corrected chi connectivity index (χ2v) is 10.7. The fourth-order valence-electron chi connectivity index (χ4n) is 3.29. The molecule has 8 nitrogen and oxygen atoms in total. The van der Waals surface area contributed by atoms with Crippen LogP contribution in [0.1, 0.15) is 31.9 Å². The highest BCUT2D eigenvalue weighted by atomic mass is 32.2. The van der Waals surface area contributed by atoms with Crippen molar-refractivity contribution < 1.29 is 22.7 Å². The van der Waals surface area contributed by atoms with E-state index in [-0.39, 0.29) is 18.4 Å². The number of anilines is 1. The Bertz CT molecular complexity index is 1070. The van der Waals surface area contributed by atoms with Gasteiger partial charge in [0, 0.05) is 13.1 Å². The molecule has 0 aliphatic carbocycles. The molecule has 0 fully saturated rings. The van der Waals surface area contributed by atoms with Gasteiger partial charge in [-0.15, -0.1) is 0 Å². The second kappa shape index (κ2) is 11.9. The van der Waals surface area contributed by atoms with E-state index in [0.717, 1.165) is 21.7 Å². The zero-order valence-electron chi connectivity index (χ0n) is 20.7. The maximum absolute atomic E-state index is 13.5. The highest BCUT2D eigenvalue weighted by Crippen LogP contribution is 2.20. The predicted octanol–water partition coefficient (Wildman–Crippen LogP) is 2.96. The van der Waals surface area contributed by atoms with Gasteiger partial charge in [-0.05, 0) is 49.6 Å². The van der Waals surface area contributed by atoms with Crippen molar-refractivity contribution in [1.82, 2.24) is 10.2 Å². The molecule has 2 amide bonds. The normalized spacial score (nSPS) is 12.2. The van der Waals surface area contributed by atoms with Crippen LogP contribution in [0.5, 0.6) is 5.75 Å². The standard InChI is InChI=1S/C25H35N3O5S/c1-18(2)15-26-25(30)20(4)27(16-21-9-13-23(33-5)14-10-21)24(29)17-28(34(6,31)32)22-11-7-19(3)8-12-22/h7-14,18,20H,15-17H2,1-6H3,(H,26,30). The van der Waals surface area contributed by atoms with Crippen molar-refractivity contribution in [3.63, 3.8) is 0 Å². The summed E-state index contributed by atoms with van der Waals surface area (Å²) in [4.78, 5) is 27.7. The van der Waals surface area contributed by atoms with Crippen molar-refractivity contribution in [2.75, 3.05) is 30.8 Å². The highest BCUT2D eigenvalue weighted by Gasteiger charge is 2.30. The molecule has 0 aliphatic rings. The van der Waals surface area contributed by atoms with Crippen molar-refractivity contribution in [2.45, 2.75) is 40.3 Å². The van der Waals surface area contributed by atoms with Gasteiger partial charge in [-0.3, -0.25) is 13.9 Å². The van der Waals surface area contributed by atoms with Crippen LogP contribution in [-0.2, 0) is 26.2 Å². The summed E-state index contributed by atoms with van der Waals surface area (Å²) in [5.41, 5.74) is 2.15. The Morgan fingerprint density at radius 2 is 1.59 bits per heavy atom. The molecule has 0 saturated heterocycles. The third-order valence-corrected chi connectivity index (χ3v) is 6.51. The Balaban J connectivity index is 2.34. The Morgan fingerprint density at radius 1 is 1.00 bits per heavy atom. The fourth-order valence-corrected chi connectivity index (χ4v) is 4.14. The SMILES string of the molecule is COc1ccc(CN(C(=O)CN(c2ccc(C)cc2)S(C)(=O)=O)C(C)C(=O)NCC(C)C)cc1. The van der Waals surface area contributed by atoms with Crippen LogP contribution in [0.25, 0.3) is 0 Å². The van der Waals surface area contributed by atoms with E-state index in [9.17, 15) is 18.0 Å². The van der Waals surface area contributed by atoms with Crippen LogP contribution < -0.4 is 14.4 Å². The summed E-state index contributed by atoms with van der Waals surface area (Å²) in [7, 11) is -2.17. The van der Waals surface area contributed by atoms with Crippen LogP contribution in [0, 0.1) is 12.8 Å². The van der Waals surface area contributed by atoms with E-state index in [1.807, 2.05) is 32.9 Å². The minimum absolute atomic E-state index is 0.143. The topological polar surface area (TPSA) is 96.0 Å². The van der Waals surface area contributed by atoms with Crippen molar-refractivity contribution in [2.24, 2.45) is 5.92 Å². The first kappa shape index (κ1) is 27.2. The molecule has 0 saturated carbocycles. The van der Waals surface area contributed by atoms with Crippen LogP contribution in [0.15, 0.2) is 48.5 Å². The van der Waals surface area contributed by atoms with Crippen molar-refractivity contribution in [1.29, 1.82) is 0 Å². The molecule has 0 aliphatic heterocycles. The van der Waals surface area contributed by atoms with Gasteiger partial charge >= 0.3 is 0 Å². The molecule has 0 bridgehead atoms. The molecular formula is C25H35N3O5S. The van der Waals surface area contributed by atoms with Gasteiger partial charge in [0.05, 0.1) is 19.1 Å². The lowest BCUT2D eigenvalue weighted by Gasteiger charge is -2.31. The van der Waals surface area contributed by atoms with Gasteiger partial charge < -0.3 is 15.0 Å². The molecule has 34 heavy (non-hydrogen) atoms. The number of benzene rings is 2. The number of methoxy groups -OCH3 is 1. The van der Waals surface area contributed by atoms with Crippen LogP contribution in [0.2, 0.25) is 0 Å². The molecule has 0 spiro atoms. The number of nitrogens with one attached hydrogen (secondary N) is 1. The lowest BCUT2D eigenvalue weighted by atomic mass is 10.1. The smallest absolute Gasteiger partial charge is 0.244 e. The monoisotopic (exact) mass is 489 g/mol. The number of aryl methyl sites for hydroxylation is 1. The summed E-state index contributed by atoms with van der Waals surface area (Å²) < 4.78 is 31.3. The second-order valence-electron chi connectivity index (χ2n) is 8.79. The third-order valence-electron chi connectivity index (χ3n) is 5.36. The first-order chi connectivity index (χ1) is 15.9. The van der Waals surface area contributed by atoms with E-state index in [1.165, 1.54) is 4.90 Å². The van der Waals surface area contributed by atoms with Gasteiger partial charge in [-0.1, -0.05) is 43.7 Å². The van der Waals surface area contributed by atoms with Crippen molar-refractivity contribution >= 4 is 27.5 Å². The number of amides is 2. The third kappa shape index (κ3) is 7.76. The number of carbonyl (C=O) groups is 2. The van der Waals surface area contributed by atoms with Gasteiger partial charge in [0.1, 0.15) is 18.3 Å². The summed E-state index contributed by atoms with van der Waals surface area (Å²) >= 11 is 0. The van der Waals surface area contributed by atoms with Gasteiger partial charge in [0.15, 0.2) is 0 Å². The molecule has 186 valence electrons. The lowest BCUT2D eigenvalue weighted by Crippen LogP contribution is -2.51. The summed E-state index contributed by atoms with van der Waals surface area (Å²) in [5.74, 6) is 0.155. The van der Waals surface area contributed by atoms with E-state index in [4.69, 9.17) is 4.74 Å². The summed E-state index contributed by atoms with van der Waals surface area (Å²) in [5, 5.41) is 2.86. The number of rotatable bonds is 11. The largest absolute Gasteiger partial charge is 0.497 e. The van der Waals surface area contributed by atoms with Gasteiger partial charge in [-0.2, -0.15) is 0 Å². The molecule has 2 rings (SSSR count). The highest BCUT2D eigenvalue weighted by molar-refractivity contribution is 7.92. The summed E-state index contributed by atoms with van der Waals surface area (Å²) in [6, 6.07) is 13.3. The maximum Gasteiger partial charge on any atom is 0.244 e. The average molecular weight is 490 g/mol. The molecule has 9 heteroatoms. The zero-order valence-corrected chi connectivity index (χ0v) is 21.6. The molecule has 1 unspecified atom stereocenters. The Morgan fingerprint density at radius 3 is 2.09 bits per heavy atom. The number of hydrogen-bond acceptors (Lipinski definition) is 5. The minimum Gasteiger partial charge on any atom is -0.497 e. The number of sulfonamides is 1. The van der Waals surface area contributed by atoms with E-state index in [0.29, 0.717) is 18.0 Å².